The molecule has 0 fully saturated rings. The largest absolute Gasteiger partial charge is 0.463 e. The summed E-state index contributed by atoms with van der Waals surface area (Å²) in [5.41, 5.74) is 0.451. The Hall–Kier alpha value is -0.573. The third-order valence-electron chi connectivity index (χ3n) is 0.624. The number of ether oxygens (including phenoxy) is 1. The molecule has 0 spiro atoms. The Balaban J connectivity index is 0. The number of esters is 1. The van der Waals surface area contributed by atoms with E-state index >= 15 is 0 Å². The van der Waals surface area contributed by atoms with Crippen LogP contribution in [0.4, 0.5) is 0 Å². The molecule has 0 rings (SSSR count). The lowest BCUT2D eigenvalue weighted by molar-refractivity contribution is -0.138. The van der Waals surface area contributed by atoms with Crippen molar-refractivity contribution < 1.29 is 9.53 Å². The van der Waals surface area contributed by atoms with Gasteiger partial charge in [-0.05, 0) is 24.8 Å². The molecule has 0 saturated carbocycles. The summed E-state index contributed by atoms with van der Waals surface area (Å²) in [5.74, 6) is -0.312. The van der Waals surface area contributed by atoms with Crippen LogP contribution in [-0.4, -0.2) is 23.5 Å². The van der Waals surface area contributed by atoms with Crippen molar-refractivity contribution in [1.29, 1.82) is 0 Å². The Bertz CT molecular complexity index is 110. The fourth-order valence-corrected chi connectivity index (χ4v) is 0.254. The first-order valence-electron chi connectivity index (χ1n) is 2.51. The van der Waals surface area contributed by atoms with Crippen LogP contribution in [0.5, 0.6) is 0 Å². The van der Waals surface area contributed by atoms with Gasteiger partial charge in [0, 0.05) is 5.57 Å². The summed E-state index contributed by atoms with van der Waals surface area (Å²) in [6.45, 7) is 7.21. The van der Waals surface area contributed by atoms with Gasteiger partial charge in [0.25, 0.3) is 0 Å². The zero-order valence-electron chi connectivity index (χ0n) is 5.23. The smallest absolute Gasteiger partial charge is 0.333 e. The van der Waals surface area contributed by atoms with Gasteiger partial charge < -0.3 is 4.74 Å². The maximum atomic E-state index is 10.4. The van der Waals surface area contributed by atoms with Crippen LogP contribution in [0.3, 0.4) is 0 Å². The van der Waals surface area contributed by atoms with E-state index in [9.17, 15) is 4.79 Å². The lowest BCUT2D eigenvalue weighted by Gasteiger charge is -1.96. The van der Waals surface area contributed by atoms with Crippen molar-refractivity contribution >= 4 is 16.9 Å². The molecule has 9 heavy (non-hydrogen) atoms. The second kappa shape index (κ2) is 5.56. The summed E-state index contributed by atoms with van der Waals surface area (Å²) < 4.78 is 4.56. The molecule has 0 N–H and O–H groups in total. The maximum absolute atomic E-state index is 10.4. The Labute approximate surface area is 59.9 Å². The molecule has 0 unspecified atom stereocenters. The van der Waals surface area contributed by atoms with Gasteiger partial charge in [0.1, 0.15) is 0 Å². The summed E-state index contributed by atoms with van der Waals surface area (Å²) in [7, 11) is 0. The summed E-state index contributed by atoms with van der Waals surface area (Å²) >= 11 is 0. The molecule has 0 amide bonds. The Morgan fingerprint density at radius 1 is 1.67 bits per heavy atom. The van der Waals surface area contributed by atoms with E-state index in [1.807, 2.05) is 0 Å². The van der Waals surface area contributed by atoms with Gasteiger partial charge >= 0.3 is 5.97 Å². The summed E-state index contributed by atoms with van der Waals surface area (Å²) in [5, 5.41) is 0. The SMILES string of the molecule is C=C(C)C(=O)OCC.[SiH4]. The van der Waals surface area contributed by atoms with E-state index in [4.69, 9.17) is 0 Å². The summed E-state index contributed by atoms with van der Waals surface area (Å²) in [4.78, 5) is 10.4. The minimum atomic E-state index is -0.312. The molecule has 0 heterocycles. The van der Waals surface area contributed by atoms with Gasteiger partial charge in [-0.15, -0.1) is 0 Å². The fourth-order valence-electron chi connectivity index (χ4n) is 0.254. The highest BCUT2D eigenvalue weighted by molar-refractivity contribution is 5.86. The van der Waals surface area contributed by atoms with Gasteiger partial charge in [-0.3, -0.25) is 0 Å². The first kappa shape index (κ1) is 11.3. The molecule has 0 atom stereocenters. The van der Waals surface area contributed by atoms with Gasteiger partial charge in [0.15, 0.2) is 0 Å². The molecule has 0 saturated heterocycles. The van der Waals surface area contributed by atoms with Crippen LogP contribution in [0.15, 0.2) is 12.2 Å². The van der Waals surface area contributed by atoms with Crippen molar-refractivity contribution in [2.24, 2.45) is 0 Å². The molecule has 0 aliphatic rings. The van der Waals surface area contributed by atoms with E-state index in [2.05, 4.69) is 11.3 Å². The molecule has 0 aromatic heterocycles. The van der Waals surface area contributed by atoms with Crippen molar-refractivity contribution in [2.45, 2.75) is 13.8 Å². The standard InChI is InChI=1S/C6H10O2.H4Si/c1-4-8-6(7)5(2)3;/h2,4H2,1,3H3;1H4. The van der Waals surface area contributed by atoms with Crippen LogP contribution in [0.25, 0.3) is 0 Å². The Kier molecular flexibility index (Phi) is 6.95. The normalized spacial score (nSPS) is 7.33. The molecule has 3 heteroatoms. The van der Waals surface area contributed by atoms with Gasteiger partial charge in [-0.1, -0.05) is 6.58 Å². The van der Waals surface area contributed by atoms with Crippen LogP contribution in [0.1, 0.15) is 13.8 Å². The quantitative estimate of drug-likeness (QED) is 0.303. The molecular formula is C6H14O2Si. The van der Waals surface area contributed by atoms with Crippen molar-refractivity contribution in [3.63, 3.8) is 0 Å². The molecule has 54 valence electrons. The monoisotopic (exact) mass is 146 g/mol. The molecule has 0 aromatic carbocycles. The topological polar surface area (TPSA) is 26.3 Å². The number of carbonyl (C=O) groups is 1. The van der Waals surface area contributed by atoms with Gasteiger partial charge in [0.2, 0.25) is 0 Å². The highest BCUT2D eigenvalue weighted by Crippen LogP contribution is 1.89. The minimum Gasteiger partial charge on any atom is -0.463 e. The first-order valence-corrected chi connectivity index (χ1v) is 2.51. The molecule has 2 nitrogen and oxygen atoms in total. The average Bonchev–Trinajstić information content (AvgIpc) is 1.67. The van der Waals surface area contributed by atoms with E-state index in [1.165, 1.54) is 0 Å². The van der Waals surface area contributed by atoms with Gasteiger partial charge in [-0.25, -0.2) is 4.79 Å². The second-order valence-electron chi connectivity index (χ2n) is 1.50. The predicted octanol–water partition coefficient (Wildman–Crippen LogP) is -0.326. The molecule has 0 bridgehead atoms. The zero-order chi connectivity index (χ0) is 6.57. The summed E-state index contributed by atoms with van der Waals surface area (Å²) in [6.07, 6.45) is 0. The van der Waals surface area contributed by atoms with Crippen LogP contribution in [0, 0.1) is 0 Å². The highest BCUT2D eigenvalue weighted by Gasteiger charge is 1.98. The number of hydrogen-bond donors (Lipinski definition) is 0. The molecule has 0 radical (unpaired) electrons. The molecule has 0 aliphatic carbocycles. The van der Waals surface area contributed by atoms with Crippen LogP contribution in [0.2, 0.25) is 0 Å². The maximum Gasteiger partial charge on any atom is 0.333 e. The zero-order valence-corrected chi connectivity index (χ0v) is 5.23. The van der Waals surface area contributed by atoms with Crippen LogP contribution in [-0.2, 0) is 9.53 Å². The van der Waals surface area contributed by atoms with Gasteiger partial charge in [0.05, 0.1) is 6.61 Å². The third kappa shape index (κ3) is 5.30. The Morgan fingerprint density at radius 2 is 2.11 bits per heavy atom. The average molecular weight is 146 g/mol. The van der Waals surface area contributed by atoms with Crippen molar-refractivity contribution in [3.05, 3.63) is 12.2 Å². The second-order valence-corrected chi connectivity index (χ2v) is 1.50. The molecule has 0 aliphatic heterocycles. The van der Waals surface area contributed by atoms with Crippen LogP contribution >= 0.6 is 0 Å². The van der Waals surface area contributed by atoms with E-state index in [0.29, 0.717) is 12.2 Å². The van der Waals surface area contributed by atoms with Gasteiger partial charge in [-0.2, -0.15) is 0 Å². The molecule has 0 aromatic rings. The fraction of sp³-hybridized carbons (Fsp3) is 0.500. The lowest BCUT2D eigenvalue weighted by atomic mass is 10.4. The van der Waals surface area contributed by atoms with E-state index in [-0.39, 0.29) is 16.9 Å². The number of carbonyl (C=O) groups excluding carboxylic acids is 1. The lowest BCUT2D eigenvalue weighted by Crippen LogP contribution is -2.03. The van der Waals surface area contributed by atoms with Crippen molar-refractivity contribution in [1.82, 2.24) is 0 Å². The Morgan fingerprint density at radius 3 is 2.22 bits per heavy atom. The van der Waals surface area contributed by atoms with Crippen molar-refractivity contribution in [2.75, 3.05) is 6.61 Å². The predicted molar refractivity (Wildman–Crippen MR) is 42.8 cm³/mol. The summed E-state index contributed by atoms with van der Waals surface area (Å²) in [6, 6.07) is 0. The van der Waals surface area contributed by atoms with Crippen LogP contribution < -0.4 is 0 Å². The minimum absolute atomic E-state index is 0. The molecular weight excluding hydrogens is 132 g/mol. The third-order valence-corrected chi connectivity index (χ3v) is 0.624. The van der Waals surface area contributed by atoms with E-state index in [1.54, 1.807) is 13.8 Å². The van der Waals surface area contributed by atoms with E-state index < -0.39 is 0 Å². The highest BCUT2D eigenvalue weighted by atomic mass is 28.1. The number of rotatable bonds is 2. The first-order chi connectivity index (χ1) is 3.68. The van der Waals surface area contributed by atoms with E-state index in [0.717, 1.165) is 0 Å². The van der Waals surface area contributed by atoms with Crippen molar-refractivity contribution in [3.8, 4) is 0 Å². The number of hydrogen-bond acceptors (Lipinski definition) is 2.